The molecule has 1 N–H and O–H groups in total. The van der Waals surface area contributed by atoms with Crippen LogP contribution in [0.25, 0.3) is 0 Å². The molecule has 0 aliphatic carbocycles. The van der Waals surface area contributed by atoms with Crippen molar-refractivity contribution in [3.63, 3.8) is 0 Å². The molecule has 5 nitrogen and oxygen atoms in total. The summed E-state index contributed by atoms with van der Waals surface area (Å²) >= 11 is 0. The Morgan fingerprint density at radius 1 is 0.960 bits per heavy atom. The second kappa shape index (κ2) is 7.64. The molecule has 0 atom stereocenters. The van der Waals surface area contributed by atoms with Crippen molar-refractivity contribution in [2.45, 2.75) is 46.5 Å². The number of rotatable bonds is 3. The van der Waals surface area contributed by atoms with Crippen molar-refractivity contribution in [3.05, 3.63) is 46.8 Å². The molecule has 1 aliphatic heterocycles. The van der Waals surface area contributed by atoms with E-state index in [9.17, 15) is 4.79 Å². The number of carbonyl (C=O) groups excluding carboxylic acids is 1. The van der Waals surface area contributed by atoms with Gasteiger partial charge in [0.2, 0.25) is 5.95 Å². The van der Waals surface area contributed by atoms with Gasteiger partial charge in [-0.15, -0.1) is 0 Å². The molecular weight excluding hydrogens is 312 g/mol. The zero-order valence-electron chi connectivity index (χ0n) is 15.3. The van der Waals surface area contributed by atoms with Gasteiger partial charge in [-0.25, -0.2) is 9.97 Å². The number of benzene rings is 1. The monoisotopic (exact) mass is 338 g/mol. The van der Waals surface area contributed by atoms with Gasteiger partial charge in [-0.1, -0.05) is 30.5 Å². The Kier molecular flexibility index (Phi) is 5.31. The van der Waals surface area contributed by atoms with E-state index in [1.54, 1.807) is 12.4 Å². The molecule has 0 unspecified atom stereocenters. The van der Waals surface area contributed by atoms with E-state index in [1.807, 2.05) is 4.90 Å². The lowest BCUT2D eigenvalue weighted by Crippen LogP contribution is -2.32. The summed E-state index contributed by atoms with van der Waals surface area (Å²) in [6.45, 7) is 7.89. The minimum absolute atomic E-state index is 0.0381. The van der Waals surface area contributed by atoms with Crippen molar-refractivity contribution < 1.29 is 4.79 Å². The minimum Gasteiger partial charge on any atom is -0.339 e. The van der Waals surface area contributed by atoms with Crippen LogP contribution in [0.4, 0.5) is 11.6 Å². The van der Waals surface area contributed by atoms with Gasteiger partial charge in [-0.2, -0.15) is 0 Å². The van der Waals surface area contributed by atoms with Crippen LogP contribution in [-0.2, 0) is 0 Å². The highest BCUT2D eigenvalue weighted by molar-refractivity contribution is 5.93. The standard InChI is InChI=1S/C20H26N4O/c1-14-10-15(2)18(16(3)11-14)23-20-21-12-17(13-22-20)19(25)24-8-6-4-5-7-9-24/h10-13H,4-9H2,1-3H3,(H,21,22,23). The first-order valence-electron chi connectivity index (χ1n) is 9.01. The maximum absolute atomic E-state index is 12.6. The number of likely N-dealkylation sites (tertiary alicyclic amines) is 1. The van der Waals surface area contributed by atoms with Crippen LogP contribution in [0.2, 0.25) is 0 Å². The number of carbonyl (C=O) groups is 1. The van der Waals surface area contributed by atoms with Crippen LogP contribution in [-0.4, -0.2) is 33.9 Å². The second-order valence-corrected chi connectivity index (χ2v) is 6.90. The Morgan fingerprint density at radius 2 is 1.52 bits per heavy atom. The first-order chi connectivity index (χ1) is 12.0. The molecule has 0 bridgehead atoms. The van der Waals surface area contributed by atoms with Crippen molar-refractivity contribution in [1.29, 1.82) is 0 Å². The fraction of sp³-hybridized carbons (Fsp3) is 0.450. The van der Waals surface area contributed by atoms with Gasteiger partial charge < -0.3 is 10.2 Å². The van der Waals surface area contributed by atoms with Crippen molar-refractivity contribution in [2.24, 2.45) is 0 Å². The molecule has 0 spiro atoms. The Bertz CT molecular complexity index is 724. The van der Waals surface area contributed by atoms with Crippen LogP contribution >= 0.6 is 0 Å². The number of nitrogens with one attached hydrogen (secondary N) is 1. The van der Waals surface area contributed by atoms with Crippen LogP contribution in [0.1, 0.15) is 52.7 Å². The van der Waals surface area contributed by atoms with Crippen molar-refractivity contribution in [3.8, 4) is 0 Å². The maximum Gasteiger partial charge on any atom is 0.256 e. The largest absolute Gasteiger partial charge is 0.339 e. The van der Waals surface area contributed by atoms with Crippen LogP contribution in [0, 0.1) is 20.8 Å². The summed E-state index contributed by atoms with van der Waals surface area (Å²) in [5.74, 6) is 0.554. The molecule has 132 valence electrons. The quantitative estimate of drug-likeness (QED) is 0.913. The van der Waals surface area contributed by atoms with Gasteiger partial charge >= 0.3 is 0 Å². The van der Waals surface area contributed by atoms with E-state index in [2.05, 4.69) is 48.2 Å². The van der Waals surface area contributed by atoms with E-state index < -0.39 is 0 Å². The lowest BCUT2D eigenvalue weighted by molar-refractivity contribution is 0.0761. The number of anilines is 2. The Hall–Kier alpha value is -2.43. The molecule has 1 fully saturated rings. The van der Waals surface area contributed by atoms with Gasteiger partial charge in [0.1, 0.15) is 0 Å². The molecular formula is C20H26N4O. The summed E-state index contributed by atoms with van der Waals surface area (Å²) < 4.78 is 0. The zero-order chi connectivity index (χ0) is 17.8. The number of aryl methyl sites for hydroxylation is 3. The van der Waals surface area contributed by atoms with Gasteiger partial charge in [0.25, 0.3) is 5.91 Å². The van der Waals surface area contributed by atoms with Crippen molar-refractivity contribution >= 4 is 17.5 Å². The Balaban J connectivity index is 1.73. The first-order valence-corrected chi connectivity index (χ1v) is 9.01. The van der Waals surface area contributed by atoms with Gasteiger partial charge in [-0.05, 0) is 44.7 Å². The van der Waals surface area contributed by atoms with Crippen LogP contribution in [0.15, 0.2) is 24.5 Å². The normalized spacial score (nSPS) is 14.9. The predicted molar refractivity (Wildman–Crippen MR) is 100 cm³/mol. The van der Waals surface area contributed by atoms with Gasteiger partial charge in [0.05, 0.1) is 5.56 Å². The maximum atomic E-state index is 12.6. The van der Waals surface area contributed by atoms with E-state index in [4.69, 9.17) is 0 Å². The van der Waals surface area contributed by atoms with E-state index >= 15 is 0 Å². The third-order valence-corrected chi connectivity index (χ3v) is 4.71. The number of aromatic nitrogens is 2. The summed E-state index contributed by atoms with van der Waals surface area (Å²) in [7, 11) is 0. The smallest absolute Gasteiger partial charge is 0.256 e. The first kappa shape index (κ1) is 17.4. The molecule has 0 saturated carbocycles. The summed E-state index contributed by atoms with van der Waals surface area (Å²) in [5, 5.41) is 3.28. The number of hydrogen-bond acceptors (Lipinski definition) is 4. The molecule has 5 heteroatoms. The molecule has 1 aromatic carbocycles. The zero-order valence-corrected chi connectivity index (χ0v) is 15.3. The lowest BCUT2D eigenvalue weighted by atomic mass is 10.1. The highest BCUT2D eigenvalue weighted by Gasteiger charge is 2.18. The molecule has 25 heavy (non-hydrogen) atoms. The topological polar surface area (TPSA) is 58.1 Å². The summed E-state index contributed by atoms with van der Waals surface area (Å²) in [5.41, 5.74) is 5.14. The third-order valence-electron chi connectivity index (χ3n) is 4.71. The molecule has 1 aliphatic rings. The fourth-order valence-electron chi connectivity index (χ4n) is 3.45. The average Bonchev–Trinajstić information content (AvgIpc) is 2.87. The van der Waals surface area contributed by atoms with Gasteiger partial charge in [-0.3, -0.25) is 4.79 Å². The lowest BCUT2D eigenvalue weighted by Gasteiger charge is -2.20. The molecule has 2 heterocycles. The average molecular weight is 338 g/mol. The molecule has 1 amide bonds. The Morgan fingerprint density at radius 3 is 2.08 bits per heavy atom. The summed E-state index contributed by atoms with van der Waals surface area (Å²) in [4.78, 5) is 23.2. The van der Waals surface area contributed by atoms with Crippen LogP contribution < -0.4 is 5.32 Å². The van der Waals surface area contributed by atoms with Gasteiger partial charge in [0, 0.05) is 31.2 Å². The molecule has 2 aromatic rings. The number of hydrogen-bond donors (Lipinski definition) is 1. The Labute approximate surface area is 149 Å². The highest BCUT2D eigenvalue weighted by Crippen LogP contribution is 2.24. The second-order valence-electron chi connectivity index (χ2n) is 6.90. The van der Waals surface area contributed by atoms with Crippen molar-refractivity contribution in [1.82, 2.24) is 14.9 Å². The number of nitrogens with zero attached hydrogens (tertiary/aromatic N) is 3. The van der Waals surface area contributed by atoms with E-state index in [-0.39, 0.29) is 5.91 Å². The highest BCUT2D eigenvalue weighted by atomic mass is 16.2. The fourth-order valence-corrected chi connectivity index (χ4v) is 3.45. The van der Waals surface area contributed by atoms with Crippen LogP contribution in [0.5, 0.6) is 0 Å². The number of amides is 1. The van der Waals surface area contributed by atoms with E-state index in [0.29, 0.717) is 11.5 Å². The molecule has 1 saturated heterocycles. The molecule has 3 rings (SSSR count). The summed E-state index contributed by atoms with van der Waals surface area (Å²) in [6, 6.07) is 4.26. The predicted octanol–water partition coefficient (Wildman–Crippen LogP) is 4.16. The SMILES string of the molecule is Cc1cc(C)c(Nc2ncc(C(=O)N3CCCCCC3)cn2)c(C)c1. The van der Waals surface area contributed by atoms with Crippen molar-refractivity contribution in [2.75, 3.05) is 18.4 Å². The minimum atomic E-state index is 0.0381. The molecule has 0 radical (unpaired) electrons. The van der Waals surface area contributed by atoms with Crippen LogP contribution in [0.3, 0.4) is 0 Å². The van der Waals surface area contributed by atoms with E-state index in [1.165, 1.54) is 18.4 Å². The summed E-state index contributed by atoms with van der Waals surface area (Å²) in [6.07, 6.45) is 7.83. The van der Waals surface area contributed by atoms with E-state index in [0.717, 1.165) is 42.7 Å². The molecule has 1 aromatic heterocycles. The van der Waals surface area contributed by atoms with Gasteiger partial charge in [0.15, 0.2) is 0 Å². The third kappa shape index (κ3) is 4.16.